The number of fused-ring (bicyclic) bond motifs is 1. The SMILES string of the molecule is CN(C)c1ccc2c(c1)C(=O)CCCN2C(=O)c1ccc(N)cc1Cl. The molecule has 2 aromatic carbocycles. The number of hydrogen-bond acceptors (Lipinski definition) is 4. The first kappa shape index (κ1) is 17.3. The van der Waals surface area contributed by atoms with E-state index < -0.39 is 0 Å². The normalized spacial score (nSPS) is 14.0. The second-order valence-corrected chi connectivity index (χ2v) is 6.73. The first-order valence-electron chi connectivity index (χ1n) is 8.10. The van der Waals surface area contributed by atoms with Gasteiger partial charge in [0.25, 0.3) is 5.91 Å². The third kappa shape index (κ3) is 3.33. The first-order valence-corrected chi connectivity index (χ1v) is 8.47. The molecule has 25 heavy (non-hydrogen) atoms. The van der Waals surface area contributed by atoms with Crippen molar-refractivity contribution in [3.05, 3.63) is 52.5 Å². The van der Waals surface area contributed by atoms with E-state index in [1.165, 1.54) is 0 Å². The fourth-order valence-corrected chi connectivity index (χ4v) is 3.24. The van der Waals surface area contributed by atoms with Gasteiger partial charge in [0.15, 0.2) is 5.78 Å². The second-order valence-electron chi connectivity index (χ2n) is 6.32. The minimum atomic E-state index is -0.224. The highest BCUT2D eigenvalue weighted by molar-refractivity contribution is 6.35. The van der Waals surface area contributed by atoms with Gasteiger partial charge in [-0.2, -0.15) is 0 Å². The Morgan fingerprint density at radius 2 is 1.96 bits per heavy atom. The number of anilines is 3. The van der Waals surface area contributed by atoms with Crippen LogP contribution in [-0.4, -0.2) is 32.3 Å². The third-order valence-electron chi connectivity index (χ3n) is 4.34. The van der Waals surface area contributed by atoms with E-state index in [1.54, 1.807) is 23.1 Å². The maximum absolute atomic E-state index is 13.1. The molecule has 2 N–H and O–H groups in total. The van der Waals surface area contributed by atoms with Crippen LogP contribution in [0.3, 0.4) is 0 Å². The lowest BCUT2D eigenvalue weighted by Gasteiger charge is -2.24. The summed E-state index contributed by atoms with van der Waals surface area (Å²) >= 11 is 6.21. The highest BCUT2D eigenvalue weighted by Gasteiger charge is 2.27. The number of nitrogen functional groups attached to an aromatic ring is 1. The molecule has 3 rings (SSSR count). The van der Waals surface area contributed by atoms with Crippen molar-refractivity contribution in [2.24, 2.45) is 0 Å². The molecule has 2 aromatic rings. The zero-order valence-corrected chi connectivity index (χ0v) is 15.0. The van der Waals surface area contributed by atoms with Gasteiger partial charge in [0.1, 0.15) is 0 Å². The Labute approximate surface area is 152 Å². The van der Waals surface area contributed by atoms with Crippen LogP contribution in [0.5, 0.6) is 0 Å². The predicted octanol–water partition coefficient (Wildman–Crippen LogP) is 3.61. The van der Waals surface area contributed by atoms with E-state index in [4.69, 9.17) is 17.3 Å². The molecule has 0 saturated heterocycles. The molecule has 6 heteroatoms. The van der Waals surface area contributed by atoms with Crippen molar-refractivity contribution in [2.75, 3.05) is 36.2 Å². The topological polar surface area (TPSA) is 66.6 Å². The van der Waals surface area contributed by atoms with Gasteiger partial charge in [-0.1, -0.05) is 11.6 Å². The number of rotatable bonds is 2. The number of carbonyl (C=O) groups excluding carboxylic acids is 2. The third-order valence-corrected chi connectivity index (χ3v) is 4.65. The van der Waals surface area contributed by atoms with Crippen LogP contribution in [0.2, 0.25) is 5.02 Å². The molecular formula is C19H20ClN3O2. The van der Waals surface area contributed by atoms with Crippen LogP contribution < -0.4 is 15.5 Å². The molecular weight excluding hydrogens is 338 g/mol. The van der Waals surface area contributed by atoms with Gasteiger partial charge < -0.3 is 15.5 Å². The molecule has 0 spiro atoms. The zero-order chi connectivity index (χ0) is 18.1. The van der Waals surface area contributed by atoms with Gasteiger partial charge in [-0.15, -0.1) is 0 Å². The summed E-state index contributed by atoms with van der Waals surface area (Å²) in [4.78, 5) is 29.1. The van der Waals surface area contributed by atoms with Gasteiger partial charge in [0.2, 0.25) is 0 Å². The molecule has 130 valence electrons. The molecule has 0 unspecified atom stereocenters. The number of Topliss-reactive ketones (excluding diaryl/α,β-unsaturated/α-hetero) is 1. The number of halogens is 1. The minimum absolute atomic E-state index is 0.0532. The fourth-order valence-electron chi connectivity index (χ4n) is 2.97. The monoisotopic (exact) mass is 357 g/mol. The summed E-state index contributed by atoms with van der Waals surface area (Å²) in [6.45, 7) is 0.472. The molecule has 0 radical (unpaired) electrons. The van der Waals surface area contributed by atoms with Crippen molar-refractivity contribution in [3.63, 3.8) is 0 Å². The zero-order valence-electron chi connectivity index (χ0n) is 14.3. The summed E-state index contributed by atoms with van der Waals surface area (Å²) in [6, 6.07) is 10.4. The number of hydrogen-bond donors (Lipinski definition) is 1. The standard InChI is InChI=1S/C19H20ClN3O2/c1-22(2)13-6-8-17-15(11-13)18(24)4-3-9-23(17)19(25)14-7-5-12(21)10-16(14)20/h5-8,10-11H,3-4,9,21H2,1-2H3. The van der Waals surface area contributed by atoms with Gasteiger partial charge in [-0.25, -0.2) is 0 Å². The summed E-state index contributed by atoms with van der Waals surface area (Å²) in [5, 5.41) is 0.312. The number of nitrogens with two attached hydrogens (primary N) is 1. The molecule has 0 bridgehead atoms. The molecule has 1 aliphatic heterocycles. The minimum Gasteiger partial charge on any atom is -0.399 e. The van der Waals surface area contributed by atoms with E-state index in [9.17, 15) is 9.59 Å². The van der Waals surface area contributed by atoms with E-state index in [-0.39, 0.29) is 11.7 Å². The number of amides is 1. The molecule has 1 heterocycles. The van der Waals surface area contributed by atoms with Gasteiger partial charge in [0, 0.05) is 44.0 Å². The highest BCUT2D eigenvalue weighted by Crippen LogP contribution is 2.32. The average molecular weight is 358 g/mol. The number of ketones is 1. The molecule has 1 amide bonds. The summed E-state index contributed by atoms with van der Waals surface area (Å²) in [5.41, 5.74) is 8.72. The lowest BCUT2D eigenvalue weighted by atomic mass is 10.0. The largest absolute Gasteiger partial charge is 0.399 e. The van der Waals surface area contributed by atoms with Crippen molar-refractivity contribution in [1.29, 1.82) is 0 Å². The maximum Gasteiger partial charge on any atom is 0.259 e. The Morgan fingerprint density at radius 1 is 1.20 bits per heavy atom. The second kappa shape index (κ2) is 6.76. The number of benzene rings is 2. The van der Waals surface area contributed by atoms with Crippen LogP contribution >= 0.6 is 11.6 Å². The van der Waals surface area contributed by atoms with Gasteiger partial charge in [-0.3, -0.25) is 9.59 Å². The van der Waals surface area contributed by atoms with Crippen LogP contribution in [0.1, 0.15) is 33.6 Å². The average Bonchev–Trinajstić information content (AvgIpc) is 2.73. The molecule has 5 nitrogen and oxygen atoms in total. The fraction of sp³-hybridized carbons (Fsp3) is 0.263. The summed E-state index contributed by atoms with van der Waals surface area (Å²) in [7, 11) is 3.83. The van der Waals surface area contributed by atoms with Crippen molar-refractivity contribution in [1.82, 2.24) is 0 Å². The Balaban J connectivity index is 2.07. The summed E-state index contributed by atoms with van der Waals surface area (Å²) in [5.74, 6) is -0.170. The van der Waals surface area contributed by atoms with Gasteiger partial charge in [-0.05, 0) is 42.8 Å². The summed E-state index contributed by atoms with van der Waals surface area (Å²) in [6.07, 6.45) is 1.03. The molecule has 0 aliphatic carbocycles. The van der Waals surface area contributed by atoms with Crippen molar-refractivity contribution in [2.45, 2.75) is 12.8 Å². The smallest absolute Gasteiger partial charge is 0.259 e. The van der Waals surface area contributed by atoms with Crippen LogP contribution in [0, 0.1) is 0 Å². The summed E-state index contributed by atoms with van der Waals surface area (Å²) < 4.78 is 0. The Morgan fingerprint density at radius 3 is 2.64 bits per heavy atom. The Kier molecular flexibility index (Phi) is 4.68. The first-order chi connectivity index (χ1) is 11.9. The van der Waals surface area contributed by atoms with E-state index in [0.29, 0.717) is 46.9 Å². The van der Waals surface area contributed by atoms with Crippen molar-refractivity contribution in [3.8, 4) is 0 Å². The van der Waals surface area contributed by atoms with E-state index in [0.717, 1.165) is 5.69 Å². The van der Waals surface area contributed by atoms with Gasteiger partial charge in [0.05, 0.1) is 16.3 Å². The quantitative estimate of drug-likeness (QED) is 0.834. The Bertz CT molecular complexity index is 849. The molecule has 0 fully saturated rings. The highest BCUT2D eigenvalue weighted by atomic mass is 35.5. The van der Waals surface area contributed by atoms with E-state index in [2.05, 4.69) is 0 Å². The molecule has 0 atom stereocenters. The number of nitrogens with zero attached hydrogens (tertiary/aromatic N) is 2. The van der Waals surface area contributed by atoms with E-state index >= 15 is 0 Å². The predicted molar refractivity (Wildman–Crippen MR) is 102 cm³/mol. The van der Waals surface area contributed by atoms with Crippen molar-refractivity contribution < 1.29 is 9.59 Å². The molecule has 1 aliphatic rings. The number of carbonyl (C=O) groups is 2. The van der Waals surface area contributed by atoms with Gasteiger partial charge >= 0.3 is 0 Å². The van der Waals surface area contributed by atoms with E-state index in [1.807, 2.05) is 37.2 Å². The maximum atomic E-state index is 13.1. The van der Waals surface area contributed by atoms with Crippen molar-refractivity contribution >= 4 is 40.4 Å². The van der Waals surface area contributed by atoms with Crippen LogP contribution in [0.25, 0.3) is 0 Å². The lowest BCUT2D eigenvalue weighted by Crippen LogP contribution is -2.32. The van der Waals surface area contributed by atoms with Crippen LogP contribution in [0.15, 0.2) is 36.4 Å². The Hall–Kier alpha value is -2.53. The lowest BCUT2D eigenvalue weighted by molar-refractivity contribution is 0.0974. The molecule has 0 aromatic heterocycles. The van der Waals surface area contributed by atoms with Crippen LogP contribution in [0.4, 0.5) is 17.1 Å². The molecule has 0 saturated carbocycles. The van der Waals surface area contributed by atoms with Crippen LogP contribution in [-0.2, 0) is 0 Å².